The minimum atomic E-state index is -0.950. The molecule has 5 heteroatoms. The summed E-state index contributed by atoms with van der Waals surface area (Å²) in [6, 6.07) is 13.1. The van der Waals surface area contributed by atoms with E-state index in [1.54, 1.807) is 12.1 Å². The largest absolute Gasteiger partial charge is 0.348 e. The molecule has 1 fully saturated rings. The third-order valence-electron chi connectivity index (χ3n) is 6.06. The maximum absolute atomic E-state index is 13.6. The summed E-state index contributed by atoms with van der Waals surface area (Å²) < 4.78 is 0. The standard InChI is InChI=1S/C23H23ClN2O2/c1-4-14(3)21-23(17-9-8-16(24)11-19(17)25-22(23)28)18(12-20(27)26-21)15-7-5-6-13(2)10-15/h5-11,18,21H,3-4,12H2,1-2H3,(H,25,28)(H,26,27). The lowest BCUT2D eigenvalue weighted by molar-refractivity contribution is -0.130. The molecule has 2 aromatic carbocycles. The lowest BCUT2D eigenvalue weighted by Crippen LogP contribution is -2.62. The summed E-state index contributed by atoms with van der Waals surface area (Å²) in [5.41, 5.74) is 3.55. The van der Waals surface area contributed by atoms with Crippen molar-refractivity contribution in [2.45, 2.75) is 44.1 Å². The number of fused-ring (bicyclic) bond motifs is 2. The number of halogens is 1. The van der Waals surface area contributed by atoms with Crippen molar-refractivity contribution >= 4 is 29.1 Å². The number of rotatable bonds is 3. The van der Waals surface area contributed by atoms with Gasteiger partial charge in [0.25, 0.3) is 0 Å². The van der Waals surface area contributed by atoms with Gasteiger partial charge in [-0.2, -0.15) is 0 Å². The van der Waals surface area contributed by atoms with Gasteiger partial charge in [0, 0.05) is 23.0 Å². The maximum Gasteiger partial charge on any atom is 0.238 e. The number of carbonyl (C=O) groups is 2. The van der Waals surface area contributed by atoms with E-state index in [2.05, 4.69) is 23.3 Å². The van der Waals surface area contributed by atoms with Crippen molar-refractivity contribution < 1.29 is 9.59 Å². The third-order valence-corrected chi connectivity index (χ3v) is 6.29. The van der Waals surface area contributed by atoms with Crippen LogP contribution in [0.15, 0.2) is 54.6 Å². The number of hydrogen-bond donors (Lipinski definition) is 2. The van der Waals surface area contributed by atoms with E-state index in [0.29, 0.717) is 17.1 Å². The minimum absolute atomic E-state index is 0.0630. The van der Waals surface area contributed by atoms with Gasteiger partial charge in [-0.05, 0) is 36.6 Å². The first-order valence-corrected chi connectivity index (χ1v) is 9.90. The van der Waals surface area contributed by atoms with Gasteiger partial charge in [-0.3, -0.25) is 9.59 Å². The molecule has 0 aliphatic carbocycles. The van der Waals surface area contributed by atoms with Crippen LogP contribution < -0.4 is 10.6 Å². The molecule has 3 unspecified atom stereocenters. The van der Waals surface area contributed by atoms with Crippen molar-refractivity contribution in [1.82, 2.24) is 5.32 Å². The predicted octanol–water partition coefficient (Wildman–Crippen LogP) is 4.48. The highest BCUT2D eigenvalue weighted by molar-refractivity contribution is 6.31. The normalized spacial score (nSPS) is 26.0. The van der Waals surface area contributed by atoms with Gasteiger partial charge in [0.1, 0.15) is 5.41 Å². The van der Waals surface area contributed by atoms with E-state index in [1.807, 2.05) is 38.1 Å². The fraction of sp³-hybridized carbons (Fsp3) is 0.304. The average molecular weight is 395 g/mol. The second kappa shape index (κ2) is 6.78. The van der Waals surface area contributed by atoms with Crippen LogP contribution >= 0.6 is 11.6 Å². The SMILES string of the molecule is C=C(CC)C1NC(=O)CC(c2cccc(C)c2)C12C(=O)Nc1cc(Cl)ccc12. The van der Waals surface area contributed by atoms with E-state index in [9.17, 15) is 9.59 Å². The molecule has 0 aromatic heterocycles. The Morgan fingerprint density at radius 3 is 2.75 bits per heavy atom. The molecule has 1 saturated heterocycles. The number of amides is 2. The van der Waals surface area contributed by atoms with E-state index in [0.717, 1.165) is 22.3 Å². The van der Waals surface area contributed by atoms with Crippen molar-refractivity contribution in [3.8, 4) is 0 Å². The number of carbonyl (C=O) groups excluding carboxylic acids is 2. The zero-order chi connectivity index (χ0) is 20.1. The van der Waals surface area contributed by atoms with Crippen LogP contribution in [0.2, 0.25) is 5.02 Å². The molecular weight excluding hydrogens is 372 g/mol. The molecule has 4 nitrogen and oxygen atoms in total. The fourth-order valence-corrected chi connectivity index (χ4v) is 4.91. The zero-order valence-corrected chi connectivity index (χ0v) is 16.8. The highest BCUT2D eigenvalue weighted by Gasteiger charge is 2.61. The lowest BCUT2D eigenvalue weighted by atomic mass is 9.59. The summed E-state index contributed by atoms with van der Waals surface area (Å²) in [5, 5.41) is 6.65. The van der Waals surface area contributed by atoms with Gasteiger partial charge in [0.15, 0.2) is 0 Å². The van der Waals surface area contributed by atoms with Gasteiger partial charge < -0.3 is 10.6 Å². The van der Waals surface area contributed by atoms with Gasteiger partial charge in [0.2, 0.25) is 11.8 Å². The number of piperidine rings is 1. The molecule has 28 heavy (non-hydrogen) atoms. The molecule has 2 heterocycles. The van der Waals surface area contributed by atoms with Crippen molar-refractivity contribution in [2.75, 3.05) is 5.32 Å². The minimum Gasteiger partial charge on any atom is -0.348 e. The van der Waals surface area contributed by atoms with E-state index in [1.165, 1.54) is 0 Å². The van der Waals surface area contributed by atoms with Crippen LogP contribution in [0.1, 0.15) is 42.4 Å². The summed E-state index contributed by atoms with van der Waals surface area (Å²) in [6.45, 7) is 8.21. The monoisotopic (exact) mass is 394 g/mol. The van der Waals surface area contributed by atoms with Crippen LogP contribution in [0.4, 0.5) is 5.69 Å². The zero-order valence-electron chi connectivity index (χ0n) is 16.0. The number of nitrogens with one attached hydrogen (secondary N) is 2. The van der Waals surface area contributed by atoms with Crippen LogP contribution in [-0.4, -0.2) is 17.9 Å². The lowest BCUT2D eigenvalue weighted by Gasteiger charge is -2.47. The summed E-state index contributed by atoms with van der Waals surface area (Å²) in [5.74, 6) is -0.473. The summed E-state index contributed by atoms with van der Waals surface area (Å²) in [7, 11) is 0. The topological polar surface area (TPSA) is 58.2 Å². The first-order valence-electron chi connectivity index (χ1n) is 9.53. The molecule has 4 rings (SSSR count). The van der Waals surface area contributed by atoms with E-state index in [-0.39, 0.29) is 24.2 Å². The summed E-state index contributed by atoms with van der Waals surface area (Å²) in [4.78, 5) is 26.2. The molecule has 2 N–H and O–H groups in total. The summed E-state index contributed by atoms with van der Waals surface area (Å²) >= 11 is 6.18. The quantitative estimate of drug-likeness (QED) is 0.754. The fourth-order valence-electron chi connectivity index (χ4n) is 4.74. The van der Waals surface area contributed by atoms with Crippen molar-refractivity contribution in [3.63, 3.8) is 0 Å². The maximum atomic E-state index is 13.6. The van der Waals surface area contributed by atoms with Crippen molar-refractivity contribution in [1.29, 1.82) is 0 Å². The Morgan fingerprint density at radius 1 is 1.25 bits per heavy atom. The van der Waals surface area contributed by atoms with E-state index in [4.69, 9.17) is 11.6 Å². The first kappa shape index (κ1) is 18.8. The molecule has 2 aliphatic rings. The highest BCUT2D eigenvalue weighted by atomic mass is 35.5. The molecule has 0 bridgehead atoms. The Hall–Kier alpha value is -2.59. The third kappa shape index (κ3) is 2.67. The first-order chi connectivity index (χ1) is 13.4. The molecule has 3 atom stereocenters. The molecule has 0 saturated carbocycles. The molecule has 144 valence electrons. The van der Waals surface area contributed by atoms with E-state index >= 15 is 0 Å². The molecule has 2 amide bonds. The number of benzene rings is 2. The van der Waals surface area contributed by atoms with Crippen LogP contribution in [0.5, 0.6) is 0 Å². The second-order valence-electron chi connectivity index (χ2n) is 7.70. The Morgan fingerprint density at radius 2 is 2.04 bits per heavy atom. The molecule has 2 aliphatic heterocycles. The Kier molecular flexibility index (Phi) is 4.54. The second-order valence-corrected chi connectivity index (χ2v) is 8.13. The average Bonchev–Trinajstić information content (AvgIpc) is 2.94. The Balaban J connectivity index is 2.01. The number of anilines is 1. The Bertz CT molecular complexity index is 1000. The van der Waals surface area contributed by atoms with Crippen molar-refractivity contribution in [2.24, 2.45) is 0 Å². The summed E-state index contributed by atoms with van der Waals surface area (Å²) in [6.07, 6.45) is 0.913. The van der Waals surface area contributed by atoms with Gasteiger partial charge in [-0.1, -0.05) is 66.6 Å². The molecule has 1 spiro atoms. The molecule has 2 aromatic rings. The van der Waals surface area contributed by atoms with Crippen LogP contribution in [-0.2, 0) is 15.0 Å². The predicted molar refractivity (Wildman–Crippen MR) is 112 cm³/mol. The van der Waals surface area contributed by atoms with Gasteiger partial charge in [0.05, 0.1) is 6.04 Å². The van der Waals surface area contributed by atoms with E-state index < -0.39 is 11.5 Å². The van der Waals surface area contributed by atoms with Gasteiger partial charge in [-0.25, -0.2) is 0 Å². The van der Waals surface area contributed by atoms with Gasteiger partial charge in [-0.15, -0.1) is 0 Å². The van der Waals surface area contributed by atoms with Crippen LogP contribution in [0.25, 0.3) is 0 Å². The van der Waals surface area contributed by atoms with Crippen LogP contribution in [0, 0.1) is 6.92 Å². The smallest absolute Gasteiger partial charge is 0.238 e. The highest BCUT2D eigenvalue weighted by Crippen LogP contribution is 2.54. The molecule has 0 radical (unpaired) electrons. The number of aryl methyl sites for hydroxylation is 1. The Labute approximate surface area is 170 Å². The van der Waals surface area contributed by atoms with Crippen molar-refractivity contribution in [3.05, 3.63) is 76.3 Å². The number of hydrogen-bond acceptors (Lipinski definition) is 2. The molecular formula is C23H23ClN2O2. The van der Waals surface area contributed by atoms with Crippen LogP contribution in [0.3, 0.4) is 0 Å². The van der Waals surface area contributed by atoms with Gasteiger partial charge >= 0.3 is 0 Å².